The van der Waals surface area contributed by atoms with E-state index >= 15 is 0 Å². The molecule has 30 heavy (non-hydrogen) atoms. The van der Waals surface area contributed by atoms with Crippen molar-refractivity contribution >= 4 is 40.8 Å². The Hall–Kier alpha value is -3.26. The molecule has 1 saturated heterocycles. The normalized spacial score (nSPS) is 16.0. The molecule has 0 radical (unpaired) electrons. The number of nitrogens with zero attached hydrogens (tertiary/aromatic N) is 2. The lowest BCUT2D eigenvalue weighted by molar-refractivity contribution is -0.130. The van der Waals surface area contributed by atoms with Crippen LogP contribution in [0.2, 0.25) is 0 Å². The molecule has 2 amide bonds. The summed E-state index contributed by atoms with van der Waals surface area (Å²) in [6.45, 7) is 2.48. The van der Waals surface area contributed by atoms with Gasteiger partial charge < -0.3 is 15.0 Å². The van der Waals surface area contributed by atoms with Crippen molar-refractivity contribution in [2.24, 2.45) is 0 Å². The fourth-order valence-corrected chi connectivity index (χ4v) is 3.51. The van der Waals surface area contributed by atoms with Crippen LogP contribution in [-0.4, -0.2) is 52.4 Å². The summed E-state index contributed by atoms with van der Waals surface area (Å²) in [5.41, 5.74) is 1.94. The fraction of sp³-hybridized carbons (Fsp3) is 0.273. The molecule has 1 aliphatic heterocycles. The average Bonchev–Trinajstić information content (AvgIpc) is 2.93. The second kappa shape index (κ2) is 9.49. The molecule has 0 spiro atoms. The van der Waals surface area contributed by atoms with Gasteiger partial charge >= 0.3 is 5.97 Å². The summed E-state index contributed by atoms with van der Waals surface area (Å²) in [4.78, 5) is 40.2. The standard InChI is InChI=1S/C22H23N3O4S/c1-3-29-21(28)16-9-11-17(12-10-16)23-19(26)13-18-20(27)24(2)22(30)25(18)14-15-7-5-4-6-8-15/h4-12,18H,3,13-14H2,1-2H3,(H,23,26). The Morgan fingerprint density at radius 3 is 2.40 bits per heavy atom. The average molecular weight is 426 g/mol. The second-order valence-corrected chi connectivity index (χ2v) is 7.22. The number of carbonyl (C=O) groups excluding carboxylic acids is 3. The van der Waals surface area contributed by atoms with Crippen LogP contribution in [0, 0.1) is 0 Å². The highest BCUT2D eigenvalue weighted by Crippen LogP contribution is 2.23. The van der Waals surface area contributed by atoms with Gasteiger partial charge in [-0.15, -0.1) is 0 Å². The number of anilines is 1. The van der Waals surface area contributed by atoms with Crippen LogP contribution in [0.4, 0.5) is 5.69 Å². The number of hydrogen-bond donors (Lipinski definition) is 1. The fourth-order valence-electron chi connectivity index (χ4n) is 3.22. The number of amides is 2. The first kappa shape index (κ1) is 21.4. The minimum absolute atomic E-state index is 0.0320. The molecule has 0 aliphatic carbocycles. The van der Waals surface area contributed by atoms with Crippen molar-refractivity contribution in [3.63, 3.8) is 0 Å². The number of nitrogens with one attached hydrogen (secondary N) is 1. The maximum absolute atomic E-state index is 12.7. The van der Waals surface area contributed by atoms with Crippen molar-refractivity contribution in [1.29, 1.82) is 0 Å². The highest BCUT2D eigenvalue weighted by Gasteiger charge is 2.41. The smallest absolute Gasteiger partial charge is 0.338 e. The summed E-state index contributed by atoms with van der Waals surface area (Å²) >= 11 is 5.41. The van der Waals surface area contributed by atoms with Gasteiger partial charge in [0.2, 0.25) is 5.91 Å². The van der Waals surface area contributed by atoms with E-state index < -0.39 is 12.0 Å². The molecule has 0 aromatic heterocycles. The number of likely N-dealkylation sites (N-methyl/N-ethyl adjacent to an activating group) is 1. The van der Waals surface area contributed by atoms with Crippen LogP contribution in [0.15, 0.2) is 54.6 Å². The second-order valence-electron chi connectivity index (χ2n) is 6.86. The van der Waals surface area contributed by atoms with E-state index in [4.69, 9.17) is 17.0 Å². The monoisotopic (exact) mass is 425 g/mol. The van der Waals surface area contributed by atoms with Gasteiger partial charge in [-0.3, -0.25) is 14.5 Å². The molecular weight excluding hydrogens is 402 g/mol. The first-order valence-corrected chi connectivity index (χ1v) is 10.0. The number of carbonyl (C=O) groups is 3. The summed E-state index contributed by atoms with van der Waals surface area (Å²) in [5, 5.41) is 3.17. The Morgan fingerprint density at radius 2 is 1.77 bits per heavy atom. The molecule has 1 unspecified atom stereocenters. The van der Waals surface area contributed by atoms with Crippen molar-refractivity contribution in [2.75, 3.05) is 19.0 Å². The zero-order chi connectivity index (χ0) is 21.7. The van der Waals surface area contributed by atoms with Crippen LogP contribution in [-0.2, 0) is 20.9 Å². The van der Waals surface area contributed by atoms with Gasteiger partial charge in [0.25, 0.3) is 5.91 Å². The van der Waals surface area contributed by atoms with Crippen LogP contribution in [0.5, 0.6) is 0 Å². The van der Waals surface area contributed by atoms with E-state index in [1.165, 1.54) is 4.90 Å². The molecule has 1 heterocycles. The molecule has 8 heteroatoms. The molecule has 0 saturated carbocycles. The Bertz CT molecular complexity index is 947. The van der Waals surface area contributed by atoms with Gasteiger partial charge in [-0.25, -0.2) is 4.79 Å². The van der Waals surface area contributed by atoms with E-state index in [2.05, 4.69) is 5.32 Å². The Labute approximate surface area is 180 Å². The summed E-state index contributed by atoms with van der Waals surface area (Å²) in [6.07, 6.45) is -0.0320. The van der Waals surface area contributed by atoms with Crippen molar-refractivity contribution in [2.45, 2.75) is 25.9 Å². The van der Waals surface area contributed by atoms with E-state index in [-0.39, 0.29) is 18.2 Å². The predicted molar refractivity (Wildman–Crippen MR) is 117 cm³/mol. The number of ether oxygens (including phenoxy) is 1. The van der Waals surface area contributed by atoms with Gasteiger partial charge in [0.1, 0.15) is 6.04 Å². The van der Waals surface area contributed by atoms with E-state index in [0.717, 1.165) is 5.56 Å². The molecule has 2 aromatic rings. The molecule has 0 bridgehead atoms. The SMILES string of the molecule is CCOC(=O)c1ccc(NC(=O)CC2C(=O)N(C)C(=S)N2Cc2ccccc2)cc1. The van der Waals surface area contributed by atoms with Gasteiger partial charge in [-0.05, 0) is 49.0 Å². The number of benzene rings is 2. The Balaban J connectivity index is 1.67. The van der Waals surface area contributed by atoms with Gasteiger partial charge in [-0.2, -0.15) is 0 Å². The number of esters is 1. The van der Waals surface area contributed by atoms with Crippen LogP contribution in [0.1, 0.15) is 29.3 Å². The topological polar surface area (TPSA) is 78.9 Å². The number of thiocarbonyl (C=S) groups is 1. The van der Waals surface area contributed by atoms with Crippen LogP contribution < -0.4 is 5.32 Å². The third-order valence-electron chi connectivity index (χ3n) is 4.78. The summed E-state index contributed by atoms with van der Waals surface area (Å²) in [6, 6.07) is 15.4. The quantitative estimate of drug-likeness (QED) is 0.543. The highest BCUT2D eigenvalue weighted by molar-refractivity contribution is 7.80. The van der Waals surface area contributed by atoms with Crippen LogP contribution >= 0.6 is 12.2 Å². The molecule has 1 N–H and O–H groups in total. The molecule has 7 nitrogen and oxygen atoms in total. The van der Waals surface area contributed by atoms with Crippen LogP contribution in [0.25, 0.3) is 0 Å². The molecule has 2 aromatic carbocycles. The lowest BCUT2D eigenvalue weighted by atomic mass is 10.1. The van der Waals surface area contributed by atoms with Crippen molar-refractivity contribution < 1.29 is 19.1 Å². The van der Waals surface area contributed by atoms with Gasteiger partial charge in [0, 0.05) is 19.3 Å². The van der Waals surface area contributed by atoms with Gasteiger partial charge in [-0.1, -0.05) is 30.3 Å². The van der Waals surface area contributed by atoms with Crippen molar-refractivity contribution in [3.05, 3.63) is 65.7 Å². The molecular formula is C22H23N3O4S. The maximum Gasteiger partial charge on any atom is 0.338 e. The van der Waals surface area contributed by atoms with Gasteiger partial charge in [0.15, 0.2) is 5.11 Å². The summed E-state index contributed by atoms with van der Waals surface area (Å²) in [5.74, 6) is -0.933. The molecule has 1 atom stereocenters. The Morgan fingerprint density at radius 1 is 1.10 bits per heavy atom. The molecule has 1 fully saturated rings. The minimum atomic E-state index is -0.665. The van der Waals surface area contributed by atoms with Gasteiger partial charge in [0.05, 0.1) is 18.6 Å². The zero-order valence-corrected chi connectivity index (χ0v) is 17.6. The van der Waals surface area contributed by atoms with E-state index in [1.807, 2.05) is 30.3 Å². The van der Waals surface area contributed by atoms with E-state index in [1.54, 1.807) is 43.1 Å². The summed E-state index contributed by atoms with van der Waals surface area (Å²) in [7, 11) is 1.62. The first-order chi connectivity index (χ1) is 14.4. The van der Waals surface area contributed by atoms with E-state index in [0.29, 0.717) is 29.5 Å². The lowest BCUT2D eigenvalue weighted by Crippen LogP contribution is -2.37. The first-order valence-electron chi connectivity index (χ1n) is 9.59. The molecule has 1 aliphatic rings. The number of rotatable bonds is 7. The number of hydrogen-bond acceptors (Lipinski definition) is 5. The maximum atomic E-state index is 12.7. The Kier molecular flexibility index (Phi) is 6.79. The molecule has 156 valence electrons. The highest BCUT2D eigenvalue weighted by atomic mass is 32.1. The predicted octanol–water partition coefficient (Wildman–Crippen LogP) is 2.82. The van der Waals surface area contributed by atoms with Crippen LogP contribution in [0.3, 0.4) is 0 Å². The van der Waals surface area contributed by atoms with E-state index in [9.17, 15) is 14.4 Å². The largest absolute Gasteiger partial charge is 0.462 e. The minimum Gasteiger partial charge on any atom is -0.462 e. The lowest BCUT2D eigenvalue weighted by Gasteiger charge is -2.23. The summed E-state index contributed by atoms with van der Waals surface area (Å²) < 4.78 is 4.94. The third kappa shape index (κ3) is 4.83. The van der Waals surface area contributed by atoms with Crippen molar-refractivity contribution in [3.8, 4) is 0 Å². The molecule has 3 rings (SSSR count). The van der Waals surface area contributed by atoms with Crippen molar-refractivity contribution in [1.82, 2.24) is 9.80 Å². The third-order valence-corrected chi connectivity index (χ3v) is 5.29. The zero-order valence-electron chi connectivity index (χ0n) is 16.8.